The largest absolute Gasteiger partial charge is 0.496 e. The molecule has 0 atom stereocenters. The van der Waals surface area contributed by atoms with E-state index in [2.05, 4.69) is 0 Å². The molecule has 1 aromatic carbocycles. The van der Waals surface area contributed by atoms with E-state index in [9.17, 15) is 13.2 Å². The molecule has 1 saturated heterocycles. The Bertz CT molecular complexity index is 709. The predicted octanol–water partition coefficient (Wildman–Crippen LogP) is 0.820. The SMILES string of the molecule is COc1cc(OC)c(C(=O)N2CCCN(S(C)(=O)=O)CC2)c(OC)c1. The van der Waals surface area contributed by atoms with E-state index in [1.54, 1.807) is 17.0 Å². The van der Waals surface area contributed by atoms with E-state index < -0.39 is 10.0 Å². The van der Waals surface area contributed by atoms with Crippen LogP contribution in [0.15, 0.2) is 12.1 Å². The molecule has 0 unspecified atom stereocenters. The Morgan fingerprint density at radius 2 is 1.56 bits per heavy atom. The number of carbonyl (C=O) groups excluding carboxylic acids is 1. The Kier molecular flexibility index (Phi) is 6.12. The fraction of sp³-hybridized carbons (Fsp3) is 0.562. The van der Waals surface area contributed by atoms with E-state index in [0.717, 1.165) is 0 Å². The van der Waals surface area contributed by atoms with Gasteiger partial charge in [-0.05, 0) is 6.42 Å². The van der Waals surface area contributed by atoms with Crippen LogP contribution in [0.2, 0.25) is 0 Å². The summed E-state index contributed by atoms with van der Waals surface area (Å²) in [7, 11) is 1.19. The zero-order valence-corrected chi connectivity index (χ0v) is 15.8. The summed E-state index contributed by atoms with van der Waals surface area (Å²) < 4.78 is 40.7. The molecular weight excluding hydrogens is 348 g/mol. The summed E-state index contributed by atoms with van der Waals surface area (Å²) in [4.78, 5) is 14.6. The molecule has 1 aliphatic rings. The number of hydrogen-bond acceptors (Lipinski definition) is 6. The minimum atomic E-state index is -3.27. The van der Waals surface area contributed by atoms with Crippen molar-refractivity contribution in [1.82, 2.24) is 9.21 Å². The molecule has 1 aliphatic heterocycles. The van der Waals surface area contributed by atoms with Crippen LogP contribution in [0, 0.1) is 0 Å². The standard InChI is InChI=1S/C16H24N2O6S/c1-22-12-10-13(23-2)15(14(11-12)24-3)16(19)17-6-5-7-18(9-8-17)25(4,20)21/h10-11H,5-9H2,1-4H3. The van der Waals surface area contributed by atoms with Gasteiger partial charge in [0.1, 0.15) is 22.8 Å². The number of rotatable bonds is 5. The highest BCUT2D eigenvalue weighted by atomic mass is 32.2. The lowest BCUT2D eigenvalue weighted by Gasteiger charge is -2.23. The van der Waals surface area contributed by atoms with Crippen molar-refractivity contribution in [3.05, 3.63) is 17.7 Å². The van der Waals surface area contributed by atoms with Gasteiger partial charge in [0.25, 0.3) is 5.91 Å². The quantitative estimate of drug-likeness (QED) is 0.761. The molecular formula is C16H24N2O6S. The summed E-state index contributed by atoms with van der Waals surface area (Å²) >= 11 is 0. The second kappa shape index (κ2) is 7.92. The number of benzene rings is 1. The van der Waals surface area contributed by atoms with Gasteiger partial charge in [0.15, 0.2) is 0 Å². The summed E-state index contributed by atoms with van der Waals surface area (Å²) in [6.07, 6.45) is 1.75. The second-order valence-electron chi connectivity index (χ2n) is 5.71. The Morgan fingerprint density at radius 1 is 0.960 bits per heavy atom. The highest BCUT2D eigenvalue weighted by molar-refractivity contribution is 7.88. The number of nitrogens with zero attached hydrogens (tertiary/aromatic N) is 2. The molecule has 25 heavy (non-hydrogen) atoms. The molecule has 0 spiro atoms. The highest BCUT2D eigenvalue weighted by Crippen LogP contribution is 2.35. The zero-order valence-electron chi connectivity index (χ0n) is 14.9. The molecule has 1 fully saturated rings. The van der Waals surface area contributed by atoms with E-state index in [4.69, 9.17) is 14.2 Å². The number of methoxy groups -OCH3 is 3. The van der Waals surface area contributed by atoms with Gasteiger partial charge in [0.2, 0.25) is 10.0 Å². The third kappa shape index (κ3) is 4.35. The van der Waals surface area contributed by atoms with Gasteiger partial charge in [-0.2, -0.15) is 0 Å². The van der Waals surface area contributed by atoms with E-state index in [1.165, 1.54) is 31.9 Å². The lowest BCUT2D eigenvalue weighted by Crippen LogP contribution is -2.37. The minimum absolute atomic E-state index is 0.258. The van der Waals surface area contributed by atoms with Crippen LogP contribution in [0.25, 0.3) is 0 Å². The molecule has 0 aliphatic carbocycles. The molecule has 0 radical (unpaired) electrons. The van der Waals surface area contributed by atoms with Crippen molar-refractivity contribution in [2.75, 3.05) is 53.8 Å². The van der Waals surface area contributed by atoms with Gasteiger partial charge < -0.3 is 19.1 Å². The lowest BCUT2D eigenvalue weighted by molar-refractivity contribution is 0.0757. The Morgan fingerprint density at radius 3 is 2.04 bits per heavy atom. The van der Waals surface area contributed by atoms with Crippen LogP contribution in [-0.2, 0) is 10.0 Å². The van der Waals surface area contributed by atoms with Crippen molar-refractivity contribution in [2.45, 2.75) is 6.42 Å². The molecule has 0 bridgehead atoms. The van der Waals surface area contributed by atoms with Crippen molar-refractivity contribution in [2.24, 2.45) is 0 Å². The van der Waals surface area contributed by atoms with Crippen molar-refractivity contribution >= 4 is 15.9 Å². The van der Waals surface area contributed by atoms with Gasteiger partial charge in [-0.25, -0.2) is 12.7 Å². The van der Waals surface area contributed by atoms with Gasteiger partial charge in [-0.15, -0.1) is 0 Å². The second-order valence-corrected chi connectivity index (χ2v) is 7.70. The number of sulfonamides is 1. The first kappa shape index (κ1) is 19.3. The predicted molar refractivity (Wildman–Crippen MR) is 93.0 cm³/mol. The van der Waals surface area contributed by atoms with Gasteiger partial charge >= 0.3 is 0 Å². The monoisotopic (exact) mass is 372 g/mol. The van der Waals surface area contributed by atoms with Gasteiger partial charge in [0.05, 0.1) is 27.6 Å². The van der Waals surface area contributed by atoms with Crippen LogP contribution in [-0.4, -0.2) is 77.3 Å². The van der Waals surface area contributed by atoms with Crippen LogP contribution in [0.5, 0.6) is 17.2 Å². The van der Waals surface area contributed by atoms with Crippen LogP contribution < -0.4 is 14.2 Å². The topological polar surface area (TPSA) is 85.4 Å². The molecule has 2 rings (SSSR count). The zero-order chi connectivity index (χ0) is 18.6. The van der Waals surface area contributed by atoms with Crippen molar-refractivity contribution < 1.29 is 27.4 Å². The fourth-order valence-corrected chi connectivity index (χ4v) is 3.68. The summed E-state index contributed by atoms with van der Waals surface area (Å²) in [5.74, 6) is 0.965. The highest BCUT2D eigenvalue weighted by Gasteiger charge is 2.28. The minimum Gasteiger partial charge on any atom is -0.496 e. The lowest BCUT2D eigenvalue weighted by atomic mass is 10.1. The maximum absolute atomic E-state index is 13.0. The average Bonchev–Trinajstić information content (AvgIpc) is 2.85. The Labute approximate surface area is 148 Å². The molecule has 140 valence electrons. The van der Waals surface area contributed by atoms with Crippen molar-refractivity contribution in [3.8, 4) is 17.2 Å². The average molecular weight is 372 g/mol. The molecule has 9 heteroatoms. The third-order valence-corrected chi connectivity index (χ3v) is 5.44. The fourth-order valence-electron chi connectivity index (χ4n) is 2.80. The maximum atomic E-state index is 13.0. The Balaban J connectivity index is 2.31. The first-order valence-electron chi connectivity index (χ1n) is 7.86. The molecule has 0 saturated carbocycles. The summed E-state index contributed by atoms with van der Waals surface area (Å²) in [6.45, 7) is 1.44. The number of ether oxygens (including phenoxy) is 3. The Hall–Kier alpha value is -2.00. The van der Waals surface area contributed by atoms with Crippen molar-refractivity contribution in [3.63, 3.8) is 0 Å². The van der Waals surface area contributed by atoms with E-state index in [-0.39, 0.29) is 12.5 Å². The summed E-state index contributed by atoms with van der Waals surface area (Å²) in [5, 5.41) is 0. The number of amides is 1. The van der Waals surface area contributed by atoms with Crippen LogP contribution in [0.1, 0.15) is 16.8 Å². The van der Waals surface area contributed by atoms with Crippen molar-refractivity contribution in [1.29, 1.82) is 0 Å². The van der Waals surface area contributed by atoms with E-state index in [0.29, 0.717) is 48.9 Å². The molecule has 1 amide bonds. The number of hydrogen-bond donors (Lipinski definition) is 0. The van der Waals surface area contributed by atoms with Crippen LogP contribution in [0.4, 0.5) is 0 Å². The summed E-state index contributed by atoms with van der Waals surface area (Å²) in [5.41, 5.74) is 0.304. The smallest absolute Gasteiger partial charge is 0.261 e. The molecule has 8 nitrogen and oxygen atoms in total. The normalized spacial score (nSPS) is 16.2. The van der Waals surface area contributed by atoms with Gasteiger partial charge in [-0.1, -0.05) is 0 Å². The maximum Gasteiger partial charge on any atom is 0.261 e. The van der Waals surface area contributed by atoms with Gasteiger partial charge in [0, 0.05) is 38.3 Å². The molecule has 0 aromatic heterocycles. The first-order chi connectivity index (χ1) is 11.8. The van der Waals surface area contributed by atoms with Crippen LogP contribution >= 0.6 is 0 Å². The molecule has 1 aromatic rings. The third-order valence-electron chi connectivity index (χ3n) is 4.14. The first-order valence-corrected chi connectivity index (χ1v) is 9.71. The number of carbonyl (C=O) groups is 1. The molecule has 1 heterocycles. The van der Waals surface area contributed by atoms with E-state index >= 15 is 0 Å². The van der Waals surface area contributed by atoms with E-state index in [1.807, 2.05) is 0 Å². The van der Waals surface area contributed by atoms with Gasteiger partial charge in [-0.3, -0.25) is 4.79 Å². The summed E-state index contributed by atoms with van der Waals surface area (Å²) in [6, 6.07) is 3.24. The van der Waals surface area contributed by atoms with Crippen LogP contribution in [0.3, 0.4) is 0 Å². The molecule has 0 N–H and O–H groups in total.